The number of nitrogens with zero attached hydrogens (tertiary/aromatic N) is 2. The van der Waals surface area contributed by atoms with Gasteiger partial charge < -0.3 is 5.32 Å². The van der Waals surface area contributed by atoms with Crippen molar-refractivity contribution in [3.8, 4) is 0 Å². The Bertz CT molecular complexity index is 434. The van der Waals surface area contributed by atoms with E-state index in [0.29, 0.717) is 10.8 Å². The molecule has 0 bridgehead atoms. The van der Waals surface area contributed by atoms with E-state index in [1.54, 1.807) is 17.0 Å². The number of carbonyl (C=O) groups excluding carboxylic acids is 1. The number of carbonyl (C=O) groups is 1. The van der Waals surface area contributed by atoms with Crippen LogP contribution in [0.3, 0.4) is 0 Å². The lowest BCUT2D eigenvalue weighted by Gasteiger charge is -1.91. The van der Waals surface area contributed by atoms with E-state index >= 15 is 0 Å². The van der Waals surface area contributed by atoms with E-state index in [1.807, 2.05) is 13.2 Å². The van der Waals surface area contributed by atoms with Crippen molar-refractivity contribution in [3.05, 3.63) is 23.7 Å². The number of thiocarbonyl (C=S) groups is 1. The largest absolute Gasteiger partial charge is 0.328 e. The third-order valence-corrected chi connectivity index (χ3v) is 1.96. The van der Waals surface area contributed by atoms with Gasteiger partial charge in [0.1, 0.15) is 5.70 Å². The van der Waals surface area contributed by atoms with E-state index in [9.17, 15) is 4.79 Å². The minimum atomic E-state index is -0.209. The monoisotopic (exact) mass is 208 g/mol. The van der Waals surface area contributed by atoms with Gasteiger partial charge in [0.2, 0.25) is 0 Å². The van der Waals surface area contributed by atoms with Gasteiger partial charge in [-0.05, 0) is 18.3 Å². The third-order valence-electron chi connectivity index (χ3n) is 1.76. The lowest BCUT2D eigenvalue weighted by Crippen LogP contribution is -2.21. The van der Waals surface area contributed by atoms with Crippen LogP contribution >= 0.6 is 12.2 Å². The van der Waals surface area contributed by atoms with Crippen LogP contribution in [0, 0.1) is 0 Å². The van der Waals surface area contributed by atoms with Gasteiger partial charge in [-0.2, -0.15) is 5.10 Å². The Morgan fingerprint density at radius 1 is 1.57 bits per heavy atom. The second kappa shape index (κ2) is 3.22. The fourth-order valence-corrected chi connectivity index (χ4v) is 1.37. The molecular weight excluding hydrogens is 200 g/mol. The first-order valence-electron chi connectivity index (χ1n) is 3.98. The Hall–Kier alpha value is -1.69. The van der Waals surface area contributed by atoms with Crippen molar-refractivity contribution in [3.63, 3.8) is 0 Å². The Labute approximate surface area is 85.8 Å². The Morgan fingerprint density at radius 3 is 2.86 bits per heavy atom. The number of hydrogen-bond acceptors (Lipinski definition) is 3. The zero-order valence-electron chi connectivity index (χ0n) is 7.44. The number of nitrogens with one attached hydrogen (secondary N) is 2. The van der Waals surface area contributed by atoms with Gasteiger partial charge in [-0.3, -0.25) is 14.8 Å². The Morgan fingerprint density at radius 2 is 2.36 bits per heavy atom. The number of aryl methyl sites for hydroxylation is 1. The van der Waals surface area contributed by atoms with Crippen LogP contribution in [-0.4, -0.2) is 20.8 Å². The van der Waals surface area contributed by atoms with Crippen LogP contribution in [0.25, 0.3) is 6.08 Å². The number of amides is 1. The molecule has 0 aromatic carbocycles. The van der Waals surface area contributed by atoms with Gasteiger partial charge in [0.05, 0.1) is 6.20 Å². The number of aromatic nitrogens is 2. The molecule has 1 aromatic rings. The summed E-state index contributed by atoms with van der Waals surface area (Å²) in [5.74, 6) is -0.209. The maximum absolute atomic E-state index is 11.2. The van der Waals surface area contributed by atoms with Crippen molar-refractivity contribution in [2.45, 2.75) is 0 Å². The van der Waals surface area contributed by atoms with Crippen LogP contribution in [-0.2, 0) is 11.8 Å². The summed E-state index contributed by atoms with van der Waals surface area (Å²) in [6.07, 6.45) is 5.17. The minimum absolute atomic E-state index is 0.209. The van der Waals surface area contributed by atoms with Gasteiger partial charge in [-0.25, -0.2) is 0 Å². The molecule has 1 amide bonds. The van der Waals surface area contributed by atoms with E-state index in [2.05, 4.69) is 15.7 Å². The van der Waals surface area contributed by atoms with Crippen LogP contribution in [0.15, 0.2) is 18.1 Å². The second-order valence-electron chi connectivity index (χ2n) is 2.91. The second-order valence-corrected chi connectivity index (χ2v) is 3.32. The molecule has 72 valence electrons. The van der Waals surface area contributed by atoms with Gasteiger partial charge >= 0.3 is 0 Å². The molecule has 0 spiro atoms. The van der Waals surface area contributed by atoms with Crippen molar-refractivity contribution in [2.24, 2.45) is 7.05 Å². The van der Waals surface area contributed by atoms with Gasteiger partial charge in [-0.1, -0.05) is 0 Å². The van der Waals surface area contributed by atoms with Crippen molar-refractivity contribution in [2.75, 3.05) is 0 Å². The third kappa shape index (κ3) is 1.64. The van der Waals surface area contributed by atoms with E-state index in [0.717, 1.165) is 5.56 Å². The van der Waals surface area contributed by atoms with Crippen molar-refractivity contribution in [1.82, 2.24) is 20.4 Å². The zero-order valence-corrected chi connectivity index (χ0v) is 8.26. The normalized spacial score (nSPS) is 18.5. The van der Waals surface area contributed by atoms with Gasteiger partial charge in [0, 0.05) is 18.8 Å². The first-order valence-corrected chi connectivity index (χ1v) is 4.38. The lowest BCUT2D eigenvalue weighted by atomic mass is 10.3. The fraction of sp³-hybridized carbons (Fsp3) is 0.125. The van der Waals surface area contributed by atoms with Gasteiger partial charge in [-0.15, -0.1) is 0 Å². The Balaban J connectivity index is 2.27. The molecule has 2 N–H and O–H groups in total. The molecule has 6 heteroatoms. The number of hydrogen-bond donors (Lipinski definition) is 2. The maximum Gasteiger partial charge on any atom is 0.273 e. The summed E-state index contributed by atoms with van der Waals surface area (Å²) in [5.41, 5.74) is 1.30. The average Bonchev–Trinajstić information content (AvgIpc) is 2.61. The summed E-state index contributed by atoms with van der Waals surface area (Å²) in [4.78, 5) is 11.2. The van der Waals surface area contributed by atoms with Crippen LogP contribution in [0.1, 0.15) is 5.56 Å². The molecule has 1 aromatic heterocycles. The van der Waals surface area contributed by atoms with E-state index in [-0.39, 0.29) is 5.91 Å². The molecule has 0 unspecified atom stereocenters. The average molecular weight is 208 g/mol. The molecule has 14 heavy (non-hydrogen) atoms. The highest BCUT2D eigenvalue weighted by molar-refractivity contribution is 7.80. The SMILES string of the molecule is Cn1cc(C=C2NC(=S)NC2=O)cn1. The summed E-state index contributed by atoms with van der Waals surface area (Å²) in [7, 11) is 1.81. The Kier molecular flexibility index (Phi) is 2.05. The highest BCUT2D eigenvalue weighted by Gasteiger charge is 2.19. The van der Waals surface area contributed by atoms with Gasteiger partial charge in [0.15, 0.2) is 5.11 Å². The molecule has 5 nitrogen and oxygen atoms in total. The minimum Gasteiger partial charge on any atom is -0.328 e. The summed E-state index contributed by atoms with van der Waals surface area (Å²) in [6, 6.07) is 0. The highest BCUT2D eigenvalue weighted by Crippen LogP contribution is 2.06. The quantitative estimate of drug-likeness (QED) is 0.494. The smallest absolute Gasteiger partial charge is 0.273 e. The molecule has 2 heterocycles. The van der Waals surface area contributed by atoms with Crippen molar-refractivity contribution in [1.29, 1.82) is 0 Å². The summed E-state index contributed by atoms with van der Waals surface area (Å²) < 4.78 is 1.66. The summed E-state index contributed by atoms with van der Waals surface area (Å²) in [5, 5.41) is 9.56. The van der Waals surface area contributed by atoms with Crippen molar-refractivity contribution >= 4 is 29.3 Å². The fourth-order valence-electron chi connectivity index (χ4n) is 1.16. The highest BCUT2D eigenvalue weighted by atomic mass is 32.1. The predicted octanol–water partition coefficient (Wildman–Crippen LogP) is -0.235. The van der Waals surface area contributed by atoms with E-state index in [1.165, 1.54) is 0 Å². The molecule has 1 saturated heterocycles. The molecule has 0 saturated carbocycles. The molecule has 1 aliphatic rings. The number of rotatable bonds is 1. The molecule has 0 aliphatic carbocycles. The predicted molar refractivity (Wildman–Crippen MR) is 55.1 cm³/mol. The van der Waals surface area contributed by atoms with Crippen molar-refractivity contribution < 1.29 is 4.79 Å². The van der Waals surface area contributed by atoms with Gasteiger partial charge in [0.25, 0.3) is 5.91 Å². The summed E-state index contributed by atoms with van der Waals surface area (Å²) >= 11 is 4.79. The summed E-state index contributed by atoms with van der Waals surface area (Å²) in [6.45, 7) is 0. The molecule has 0 radical (unpaired) electrons. The lowest BCUT2D eigenvalue weighted by molar-refractivity contribution is -0.115. The molecule has 1 fully saturated rings. The topological polar surface area (TPSA) is 59.0 Å². The van der Waals surface area contributed by atoms with Crippen LogP contribution in [0.5, 0.6) is 0 Å². The van der Waals surface area contributed by atoms with Crippen LogP contribution < -0.4 is 10.6 Å². The molecular formula is C8H8N4OS. The standard InChI is InChI=1S/C8H8N4OS/c1-12-4-5(3-9-12)2-6-7(13)11-8(14)10-6/h2-4H,1H3,(H2,10,11,13,14). The molecule has 0 atom stereocenters. The first kappa shape index (κ1) is 8.89. The van der Waals surface area contributed by atoms with E-state index < -0.39 is 0 Å². The molecule has 2 rings (SSSR count). The van der Waals surface area contributed by atoms with Crippen LogP contribution in [0.2, 0.25) is 0 Å². The zero-order chi connectivity index (χ0) is 10.1. The first-order chi connectivity index (χ1) is 6.65. The van der Waals surface area contributed by atoms with E-state index in [4.69, 9.17) is 12.2 Å². The van der Waals surface area contributed by atoms with Crippen LogP contribution in [0.4, 0.5) is 0 Å². The maximum atomic E-state index is 11.2. The molecule has 1 aliphatic heterocycles.